The van der Waals surface area contributed by atoms with Crippen LogP contribution in [-0.2, 0) is 16.4 Å². The number of aliphatic hydroxyl groups excluding tert-OH is 1. The smallest absolute Gasteiger partial charge is 0.243 e. The Balaban J connectivity index is 1.93. The van der Waals surface area contributed by atoms with Crippen LogP contribution in [0, 0.1) is 0 Å². The molecule has 0 saturated heterocycles. The maximum Gasteiger partial charge on any atom is 0.243 e. The van der Waals surface area contributed by atoms with Crippen molar-refractivity contribution in [3.63, 3.8) is 0 Å². The summed E-state index contributed by atoms with van der Waals surface area (Å²) in [5.74, 6) is 0. The minimum absolute atomic E-state index is 0.0309. The molecule has 1 fully saturated rings. The number of anilines is 1. The molecule has 6 heteroatoms. The van der Waals surface area contributed by atoms with E-state index in [4.69, 9.17) is 0 Å². The maximum atomic E-state index is 12.9. The van der Waals surface area contributed by atoms with Crippen molar-refractivity contribution < 1.29 is 13.5 Å². The van der Waals surface area contributed by atoms with Crippen LogP contribution < -0.4 is 5.32 Å². The molecule has 1 aromatic rings. The molecule has 116 valence electrons. The number of sulfonamides is 1. The van der Waals surface area contributed by atoms with E-state index in [2.05, 4.69) is 5.32 Å². The predicted molar refractivity (Wildman–Crippen MR) is 81.9 cm³/mol. The zero-order chi connectivity index (χ0) is 14.9. The summed E-state index contributed by atoms with van der Waals surface area (Å²) in [6.45, 7) is 0.901. The first kappa shape index (κ1) is 14.8. The second-order valence-corrected chi connectivity index (χ2v) is 7.66. The van der Waals surface area contributed by atoms with E-state index in [1.165, 1.54) is 9.87 Å². The van der Waals surface area contributed by atoms with Gasteiger partial charge in [0.1, 0.15) is 0 Å². The third-order valence-electron chi connectivity index (χ3n) is 4.45. The van der Waals surface area contributed by atoms with Crippen LogP contribution in [-0.4, -0.2) is 43.6 Å². The van der Waals surface area contributed by atoms with Gasteiger partial charge in [0.15, 0.2) is 0 Å². The van der Waals surface area contributed by atoms with E-state index in [0.29, 0.717) is 4.90 Å². The van der Waals surface area contributed by atoms with E-state index < -0.39 is 10.0 Å². The molecule has 21 heavy (non-hydrogen) atoms. The van der Waals surface area contributed by atoms with Gasteiger partial charge in [0.25, 0.3) is 0 Å². The maximum absolute atomic E-state index is 12.9. The Kier molecular flexibility index (Phi) is 4.19. The normalized spacial score (nSPS) is 19.0. The highest BCUT2D eigenvalue weighted by Gasteiger charge is 2.33. The van der Waals surface area contributed by atoms with Crippen LogP contribution in [0.4, 0.5) is 5.69 Å². The molecule has 1 saturated carbocycles. The van der Waals surface area contributed by atoms with Gasteiger partial charge in [0, 0.05) is 24.8 Å². The average molecular weight is 310 g/mol. The van der Waals surface area contributed by atoms with Gasteiger partial charge in [-0.25, -0.2) is 8.42 Å². The summed E-state index contributed by atoms with van der Waals surface area (Å²) in [6.07, 6.45) is 4.85. The SMILES string of the molecule is O=S(=O)(c1ccc2c(c1)NCC2)N(CCO)C1CCCC1. The average Bonchev–Trinajstić information content (AvgIpc) is 3.14. The molecule has 0 bridgehead atoms. The number of rotatable bonds is 5. The van der Waals surface area contributed by atoms with E-state index in [1.807, 2.05) is 6.07 Å². The van der Waals surface area contributed by atoms with E-state index in [-0.39, 0.29) is 19.2 Å². The first-order valence-electron chi connectivity index (χ1n) is 7.62. The molecule has 0 radical (unpaired) electrons. The lowest BCUT2D eigenvalue weighted by Gasteiger charge is -2.27. The van der Waals surface area contributed by atoms with Gasteiger partial charge < -0.3 is 10.4 Å². The van der Waals surface area contributed by atoms with Gasteiger partial charge in [-0.1, -0.05) is 18.9 Å². The number of hydrogen-bond donors (Lipinski definition) is 2. The topological polar surface area (TPSA) is 69.6 Å². The van der Waals surface area contributed by atoms with Crippen molar-refractivity contribution in [3.8, 4) is 0 Å². The fourth-order valence-electron chi connectivity index (χ4n) is 3.36. The summed E-state index contributed by atoms with van der Waals surface area (Å²) in [7, 11) is -3.53. The van der Waals surface area contributed by atoms with Crippen molar-refractivity contribution in [2.75, 3.05) is 25.0 Å². The Morgan fingerprint density at radius 2 is 2.05 bits per heavy atom. The van der Waals surface area contributed by atoms with Gasteiger partial charge in [0.05, 0.1) is 11.5 Å². The summed E-state index contributed by atoms with van der Waals surface area (Å²) in [5.41, 5.74) is 2.09. The predicted octanol–water partition coefficient (Wildman–Crippen LogP) is 1.58. The zero-order valence-corrected chi connectivity index (χ0v) is 12.9. The van der Waals surface area contributed by atoms with Crippen LogP contribution in [0.5, 0.6) is 0 Å². The Hall–Kier alpha value is -1.11. The minimum Gasteiger partial charge on any atom is -0.395 e. The van der Waals surface area contributed by atoms with Crippen LogP contribution in [0.2, 0.25) is 0 Å². The molecule has 0 amide bonds. The van der Waals surface area contributed by atoms with E-state index >= 15 is 0 Å². The first-order valence-corrected chi connectivity index (χ1v) is 9.06. The summed E-state index contributed by atoms with van der Waals surface area (Å²) < 4.78 is 27.3. The number of benzene rings is 1. The van der Waals surface area contributed by atoms with E-state index in [0.717, 1.165) is 44.3 Å². The van der Waals surface area contributed by atoms with Crippen molar-refractivity contribution in [2.45, 2.75) is 43.0 Å². The lowest BCUT2D eigenvalue weighted by atomic mass is 10.2. The van der Waals surface area contributed by atoms with Crippen LogP contribution in [0.1, 0.15) is 31.2 Å². The number of nitrogens with zero attached hydrogens (tertiary/aromatic N) is 1. The van der Waals surface area contributed by atoms with Crippen molar-refractivity contribution >= 4 is 15.7 Å². The van der Waals surface area contributed by atoms with Crippen molar-refractivity contribution in [2.24, 2.45) is 0 Å². The zero-order valence-electron chi connectivity index (χ0n) is 12.1. The van der Waals surface area contributed by atoms with Crippen LogP contribution in [0.25, 0.3) is 0 Å². The molecular weight excluding hydrogens is 288 g/mol. The van der Waals surface area contributed by atoms with Crippen LogP contribution in [0.15, 0.2) is 23.1 Å². The molecule has 0 spiro atoms. The summed E-state index contributed by atoms with van der Waals surface area (Å²) in [5, 5.41) is 12.5. The number of fused-ring (bicyclic) bond motifs is 1. The van der Waals surface area contributed by atoms with Crippen LogP contribution in [0.3, 0.4) is 0 Å². The molecule has 1 aliphatic carbocycles. The van der Waals surface area contributed by atoms with Gasteiger partial charge in [-0.2, -0.15) is 4.31 Å². The van der Waals surface area contributed by atoms with E-state index in [1.54, 1.807) is 12.1 Å². The lowest BCUT2D eigenvalue weighted by molar-refractivity contribution is 0.226. The largest absolute Gasteiger partial charge is 0.395 e. The molecule has 1 aromatic carbocycles. The lowest BCUT2D eigenvalue weighted by Crippen LogP contribution is -2.40. The summed E-state index contributed by atoms with van der Waals surface area (Å²) in [6, 6.07) is 5.36. The fraction of sp³-hybridized carbons (Fsp3) is 0.600. The molecule has 0 atom stereocenters. The van der Waals surface area contributed by atoms with Crippen molar-refractivity contribution in [1.29, 1.82) is 0 Å². The number of aliphatic hydroxyl groups is 1. The summed E-state index contributed by atoms with van der Waals surface area (Å²) in [4.78, 5) is 0.330. The van der Waals surface area contributed by atoms with Gasteiger partial charge >= 0.3 is 0 Å². The Labute approximate surface area is 126 Å². The second-order valence-electron chi connectivity index (χ2n) is 5.77. The molecule has 5 nitrogen and oxygen atoms in total. The van der Waals surface area contributed by atoms with Gasteiger partial charge in [-0.15, -0.1) is 0 Å². The van der Waals surface area contributed by atoms with Crippen LogP contribution >= 0.6 is 0 Å². The third kappa shape index (κ3) is 2.80. The number of hydrogen-bond acceptors (Lipinski definition) is 4. The molecular formula is C15H22N2O3S. The molecule has 0 unspecified atom stereocenters. The molecule has 3 rings (SSSR count). The molecule has 2 N–H and O–H groups in total. The minimum atomic E-state index is -3.53. The number of nitrogens with one attached hydrogen (secondary N) is 1. The third-order valence-corrected chi connectivity index (χ3v) is 6.40. The highest BCUT2D eigenvalue weighted by Crippen LogP contribution is 2.31. The van der Waals surface area contributed by atoms with Gasteiger partial charge in [-0.3, -0.25) is 0 Å². The molecule has 1 heterocycles. The highest BCUT2D eigenvalue weighted by molar-refractivity contribution is 7.89. The molecule has 1 aliphatic heterocycles. The molecule has 2 aliphatic rings. The first-order chi connectivity index (χ1) is 10.1. The van der Waals surface area contributed by atoms with Crippen molar-refractivity contribution in [1.82, 2.24) is 4.31 Å². The van der Waals surface area contributed by atoms with Gasteiger partial charge in [0.2, 0.25) is 10.0 Å². The Morgan fingerprint density at radius 1 is 1.29 bits per heavy atom. The Morgan fingerprint density at radius 3 is 2.76 bits per heavy atom. The quantitative estimate of drug-likeness (QED) is 0.866. The fourth-order valence-corrected chi connectivity index (χ4v) is 5.06. The van der Waals surface area contributed by atoms with Crippen molar-refractivity contribution in [3.05, 3.63) is 23.8 Å². The second kappa shape index (κ2) is 5.94. The van der Waals surface area contributed by atoms with Gasteiger partial charge in [-0.05, 0) is 37.0 Å². The summed E-state index contributed by atoms with van der Waals surface area (Å²) >= 11 is 0. The standard InChI is InChI=1S/C15H22N2O3S/c18-10-9-17(13-3-1-2-4-13)21(19,20)14-6-5-12-7-8-16-15(12)11-14/h5-6,11,13,16,18H,1-4,7-10H2. The Bertz CT molecular complexity index is 609. The monoisotopic (exact) mass is 310 g/mol. The van der Waals surface area contributed by atoms with E-state index in [9.17, 15) is 13.5 Å². The highest BCUT2D eigenvalue weighted by atomic mass is 32.2. The molecule has 0 aromatic heterocycles.